The zero-order valence-electron chi connectivity index (χ0n) is 19.3. The lowest BCUT2D eigenvalue weighted by Crippen LogP contribution is -2.26. The summed E-state index contributed by atoms with van der Waals surface area (Å²) in [6.07, 6.45) is 4.22. The van der Waals surface area contributed by atoms with Crippen molar-refractivity contribution in [3.8, 4) is 0 Å². The molecule has 0 bridgehead atoms. The summed E-state index contributed by atoms with van der Waals surface area (Å²) < 4.78 is 9.30. The lowest BCUT2D eigenvalue weighted by molar-refractivity contribution is 0.102. The molecule has 0 saturated heterocycles. The number of Topliss-reactive ketones (excluding diaryl/α,β-unsaturated/α-hetero) is 1. The van der Waals surface area contributed by atoms with Crippen molar-refractivity contribution >= 4 is 28.4 Å². The van der Waals surface area contributed by atoms with E-state index in [1.807, 2.05) is 48.7 Å². The number of para-hydroxylation sites is 1. The number of hydrogen-bond donors (Lipinski definition) is 0. The van der Waals surface area contributed by atoms with Gasteiger partial charge in [0.05, 0.1) is 29.3 Å². The van der Waals surface area contributed by atoms with E-state index >= 15 is 0 Å². The van der Waals surface area contributed by atoms with Gasteiger partial charge in [0.25, 0.3) is 5.56 Å². The summed E-state index contributed by atoms with van der Waals surface area (Å²) in [6, 6.07) is 9.76. The predicted molar refractivity (Wildman–Crippen MR) is 129 cm³/mol. The third-order valence-corrected chi connectivity index (χ3v) is 7.38. The highest BCUT2D eigenvalue weighted by Gasteiger charge is 2.24. The topological polar surface area (TPSA) is 66.1 Å². The average molecular weight is 454 g/mol. The third-order valence-electron chi connectivity index (χ3n) is 6.43. The number of aryl methyl sites for hydroxylation is 1. The Balaban J connectivity index is 1.63. The number of hydrogen-bond acceptors (Lipinski definition) is 5. The maximum absolute atomic E-state index is 13.3. The molecule has 0 N–H and O–H groups in total. The number of thioether (sulfide) groups is 1. The number of methoxy groups -OCH3 is 1. The van der Waals surface area contributed by atoms with Crippen LogP contribution in [0.3, 0.4) is 0 Å². The standard InChI is InChI=1S/C25H31N3O3S/c1-16-13-21(18(3)27(16)17(2)14-31-4)23(29)15-32-25-26-22-12-8-7-11-20(22)24(30)28(25)19-9-5-6-10-19/h7-8,11-13,17,19H,5-6,9-10,14-15H2,1-4H3/t17-/m0/s1. The molecular weight excluding hydrogens is 422 g/mol. The van der Waals surface area contributed by atoms with E-state index in [0.717, 1.165) is 42.6 Å². The molecule has 4 rings (SSSR count). The van der Waals surface area contributed by atoms with E-state index in [1.54, 1.807) is 7.11 Å². The lowest BCUT2D eigenvalue weighted by Gasteiger charge is -2.19. The minimum absolute atomic E-state index is 0.00372. The number of ether oxygens (including phenoxy) is 1. The molecule has 0 spiro atoms. The van der Waals surface area contributed by atoms with Crippen molar-refractivity contribution < 1.29 is 9.53 Å². The van der Waals surface area contributed by atoms with E-state index in [-0.39, 0.29) is 29.2 Å². The largest absolute Gasteiger partial charge is 0.383 e. The molecule has 0 aliphatic heterocycles. The van der Waals surface area contributed by atoms with E-state index in [0.29, 0.717) is 22.7 Å². The average Bonchev–Trinajstić information content (AvgIpc) is 3.40. The molecule has 1 atom stereocenters. The van der Waals surface area contributed by atoms with E-state index in [1.165, 1.54) is 11.8 Å². The Kier molecular flexibility index (Phi) is 6.86. The van der Waals surface area contributed by atoms with Crippen molar-refractivity contribution in [3.63, 3.8) is 0 Å². The van der Waals surface area contributed by atoms with Gasteiger partial charge in [0.1, 0.15) is 0 Å². The molecule has 1 aliphatic rings. The summed E-state index contributed by atoms with van der Waals surface area (Å²) in [5.74, 6) is 0.305. The molecule has 0 amide bonds. The van der Waals surface area contributed by atoms with Crippen LogP contribution in [0.25, 0.3) is 10.9 Å². The van der Waals surface area contributed by atoms with Gasteiger partial charge in [-0.3, -0.25) is 14.2 Å². The maximum atomic E-state index is 13.3. The summed E-state index contributed by atoms with van der Waals surface area (Å²) in [5, 5.41) is 1.29. The van der Waals surface area contributed by atoms with Crippen molar-refractivity contribution in [1.29, 1.82) is 0 Å². The van der Waals surface area contributed by atoms with Crippen LogP contribution in [0.5, 0.6) is 0 Å². The Hall–Kier alpha value is -2.38. The molecule has 1 aromatic carbocycles. The van der Waals surface area contributed by atoms with Gasteiger partial charge in [-0.1, -0.05) is 36.7 Å². The smallest absolute Gasteiger partial charge is 0.262 e. The molecular formula is C25H31N3O3S. The minimum Gasteiger partial charge on any atom is -0.383 e. The zero-order valence-corrected chi connectivity index (χ0v) is 20.1. The van der Waals surface area contributed by atoms with E-state index in [4.69, 9.17) is 9.72 Å². The zero-order chi connectivity index (χ0) is 22.8. The van der Waals surface area contributed by atoms with Gasteiger partial charge in [-0.15, -0.1) is 0 Å². The van der Waals surface area contributed by atoms with Crippen LogP contribution in [-0.4, -0.2) is 39.4 Å². The first-order valence-electron chi connectivity index (χ1n) is 11.3. The second kappa shape index (κ2) is 9.63. The van der Waals surface area contributed by atoms with Gasteiger partial charge in [-0.2, -0.15) is 0 Å². The molecule has 2 heterocycles. The molecule has 1 saturated carbocycles. The number of rotatable bonds is 8. The van der Waals surface area contributed by atoms with Crippen LogP contribution >= 0.6 is 11.8 Å². The van der Waals surface area contributed by atoms with Gasteiger partial charge in [-0.25, -0.2) is 4.98 Å². The summed E-state index contributed by atoms with van der Waals surface area (Å²) in [7, 11) is 1.69. The summed E-state index contributed by atoms with van der Waals surface area (Å²) >= 11 is 1.38. The second-order valence-electron chi connectivity index (χ2n) is 8.70. The number of fused-ring (bicyclic) bond motifs is 1. The maximum Gasteiger partial charge on any atom is 0.262 e. The molecule has 1 fully saturated rings. The molecule has 7 heteroatoms. The van der Waals surface area contributed by atoms with Gasteiger partial charge in [0.15, 0.2) is 10.9 Å². The lowest BCUT2D eigenvalue weighted by atomic mass is 10.2. The van der Waals surface area contributed by atoms with E-state index in [9.17, 15) is 9.59 Å². The van der Waals surface area contributed by atoms with Crippen LogP contribution in [-0.2, 0) is 4.74 Å². The Morgan fingerprint density at radius 3 is 2.69 bits per heavy atom. The van der Waals surface area contributed by atoms with Gasteiger partial charge < -0.3 is 9.30 Å². The van der Waals surface area contributed by atoms with Crippen molar-refractivity contribution in [2.75, 3.05) is 19.5 Å². The SMILES string of the molecule is COC[C@H](C)n1c(C)cc(C(=O)CSc2nc3ccccc3c(=O)n2C2CCCC2)c1C. The van der Waals surface area contributed by atoms with Crippen molar-refractivity contribution in [2.24, 2.45) is 0 Å². The fourth-order valence-corrected chi connectivity index (χ4v) is 5.92. The summed E-state index contributed by atoms with van der Waals surface area (Å²) in [5.41, 5.74) is 3.43. The van der Waals surface area contributed by atoms with Crippen LogP contribution in [0.2, 0.25) is 0 Å². The number of nitrogens with zero attached hydrogens (tertiary/aromatic N) is 3. The van der Waals surface area contributed by atoms with E-state index in [2.05, 4.69) is 11.5 Å². The molecule has 170 valence electrons. The first kappa shape index (κ1) is 22.8. The number of ketones is 1. The molecule has 0 radical (unpaired) electrons. The Morgan fingerprint density at radius 2 is 1.97 bits per heavy atom. The van der Waals surface area contributed by atoms with Crippen LogP contribution in [0.15, 0.2) is 40.3 Å². The van der Waals surface area contributed by atoms with Crippen molar-refractivity contribution in [1.82, 2.24) is 14.1 Å². The summed E-state index contributed by atoms with van der Waals surface area (Å²) in [6.45, 7) is 6.69. The highest BCUT2D eigenvalue weighted by atomic mass is 32.2. The number of carbonyl (C=O) groups is 1. The third kappa shape index (κ3) is 4.28. The van der Waals surface area contributed by atoms with E-state index < -0.39 is 0 Å². The Labute approximate surface area is 193 Å². The predicted octanol–water partition coefficient (Wildman–Crippen LogP) is 5.11. The monoisotopic (exact) mass is 453 g/mol. The van der Waals surface area contributed by atoms with Crippen LogP contribution in [0.4, 0.5) is 0 Å². The quantitative estimate of drug-likeness (QED) is 0.269. The number of aromatic nitrogens is 3. The van der Waals surface area contributed by atoms with Crippen LogP contribution in [0, 0.1) is 13.8 Å². The first-order chi connectivity index (χ1) is 15.4. The van der Waals surface area contributed by atoms with Gasteiger partial charge in [0, 0.05) is 30.1 Å². The fourth-order valence-electron chi connectivity index (χ4n) is 4.97. The number of carbonyl (C=O) groups excluding carboxylic acids is 1. The van der Waals surface area contributed by atoms with Gasteiger partial charge in [0.2, 0.25) is 0 Å². The van der Waals surface area contributed by atoms with Gasteiger partial charge in [-0.05, 0) is 51.8 Å². The molecule has 0 unspecified atom stereocenters. The second-order valence-corrected chi connectivity index (χ2v) is 9.64. The fraction of sp³-hybridized carbons (Fsp3) is 0.480. The van der Waals surface area contributed by atoms with Crippen molar-refractivity contribution in [2.45, 2.75) is 63.7 Å². The van der Waals surface area contributed by atoms with Crippen LogP contribution in [0.1, 0.15) is 66.4 Å². The normalized spacial score (nSPS) is 15.5. The molecule has 3 aromatic rings. The Morgan fingerprint density at radius 1 is 1.25 bits per heavy atom. The highest BCUT2D eigenvalue weighted by Crippen LogP contribution is 2.32. The van der Waals surface area contributed by atoms with Gasteiger partial charge >= 0.3 is 0 Å². The molecule has 2 aromatic heterocycles. The summed E-state index contributed by atoms with van der Waals surface area (Å²) in [4.78, 5) is 31.3. The highest BCUT2D eigenvalue weighted by molar-refractivity contribution is 7.99. The molecule has 1 aliphatic carbocycles. The minimum atomic E-state index is 0.00372. The van der Waals surface area contributed by atoms with Crippen LogP contribution < -0.4 is 5.56 Å². The number of benzene rings is 1. The molecule has 6 nitrogen and oxygen atoms in total. The molecule has 32 heavy (non-hydrogen) atoms. The Bertz CT molecular complexity index is 1190. The van der Waals surface area contributed by atoms with Crippen molar-refractivity contribution in [3.05, 3.63) is 57.6 Å². The first-order valence-corrected chi connectivity index (χ1v) is 12.3.